The minimum atomic E-state index is -1.13. The van der Waals surface area contributed by atoms with Gasteiger partial charge in [0.05, 0.1) is 9.90 Å². The highest BCUT2D eigenvalue weighted by Crippen LogP contribution is 2.21. The lowest BCUT2D eigenvalue weighted by Crippen LogP contribution is -2.26. The highest BCUT2D eigenvalue weighted by molar-refractivity contribution is 7.16. The Morgan fingerprint density at radius 1 is 1.26 bits per heavy atom. The predicted octanol–water partition coefficient (Wildman–Crippen LogP) is 3.65. The summed E-state index contributed by atoms with van der Waals surface area (Å²) < 4.78 is 27.0. The molecule has 0 saturated carbocycles. The second-order valence-corrected chi connectivity index (χ2v) is 5.61. The van der Waals surface area contributed by atoms with E-state index in [0.717, 1.165) is 10.9 Å². The molecule has 0 saturated heterocycles. The van der Waals surface area contributed by atoms with Crippen LogP contribution in [0.15, 0.2) is 30.3 Å². The van der Waals surface area contributed by atoms with Crippen molar-refractivity contribution in [3.8, 4) is 0 Å². The van der Waals surface area contributed by atoms with Gasteiger partial charge in [-0.15, -0.1) is 11.3 Å². The summed E-state index contributed by atoms with van der Waals surface area (Å²) in [6.07, 6.45) is 0.597. The topological polar surface area (TPSA) is 29.1 Å². The molecule has 19 heavy (non-hydrogen) atoms. The number of amides is 1. The van der Waals surface area contributed by atoms with Gasteiger partial charge in [0.1, 0.15) is 0 Å². The van der Waals surface area contributed by atoms with E-state index in [-0.39, 0.29) is 5.56 Å². The van der Waals surface area contributed by atoms with E-state index in [1.54, 1.807) is 6.07 Å². The lowest BCUT2D eigenvalue weighted by atomic mass is 10.2. The standard InChI is InChI=1S/C13H10ClF2NOS/c14-11-5-4-8(19-11)6-7-17-13(18)9-2-1-3-10(15)12(9)16/h1-5H,6-7H2,(H,17,18). The number of hydrogen-bond donors (Lipinski definition) is 1. The van der Waals surface area contributed by atoms with Crippen LogP contribution in [0.3, 0.4) is 0 Å². The zero-order valence-corrected chi connectivity index (χ0v) is 11.3. The number of hydrogen-bond acceptors (Lipinski definition) is 2. The molecule has 2 rings (SSSR count). The van der Waals surface area contributed by atoms with Crippen molar-refractivity contribution in [2.45, 2.75) is 6.42 Å². The van der Waals surface area contributed by atoms with Crippen LogP contribution in [0.5, 0.6) is 0 Å². The normalized spacial score (nSPS) is 10.5. The molecule has 0 atom stereocenters. The first-order chi connectivity index (χ1) is 9.08. The average molecular weight is 302 g/mol. The Morgan fingerprint density at radius 3 is 2.74 bits per heavy atom. The van der Waals surface area contributed by atoms with Gasteiger partial charge in [0.2, 0.25) is 0 Å². The fraction of sp³-hybridized carbons (Fsp3) is 0.154. The van der Waals surface area contributed by atoms with E-state index in [1.165, 1.54) is 23.5 Å². The molecule has 0 radical (unpaired) electrons. The van der Waals surface area contributed by atoms with E-state index in [2.05, 4.69) is 5.32 Å². The third-order valence-corrected chi connectivity index (χ3v) is 3.77. The maximum absolute atomic E-state index is 13.4. The largest absolute Gasteiger partial charge is 0.352 e. The van der Waals surface area contributed by atoms with Crippen LogP contribution in [0.2, 0.25) is 4.34 Å². The Morgan fingerprint density at radius 2 is 2.05 bits per heavy atom. The highest BCUT2D eigenvalue weighted by atomic mass is 35.5. The summed E-state index contributed by atoms with van der Waals surface area (Å²) in [7, 11) is 0. The predicted molar refractivity (Wildman–Crippen MR) is 71.7 cm³/mol. The Balaban J connectivity index is 1.93. The third-order valence-electron chi connectivity index (χ3n) is 2.48. The SMILES string of the molecule is O=C(NCCc1ccc(Cl)s1)c1cccc(F)c1F. The molecule has 1 N–H and O–H groups in total. The van der Waals surface area contributed by atoms with Gasteiger partial charge in [-0.3, -0.25) is 4.79 Å². The Hall–Kier alpha value is -1.46. The van der Waals surface area contributed by atoms with Crippen molar-refractivity contribution in [2.75, 3.05) is 6.54 Å². The van der Waals surface area contributed by atoms with Crippen molar-refractivity contribution in [2.24, 2.45) is 0 Å². The number of thiophene rings is 1. The van der Waals surface area contributed by atoms with Gasteiger partial charge in [0.25, 0.3) is 5.91 Å². The molecule has 0 fully saturated rings. The second kappa shape index (κ2) is 6.12. The van der Waals surface area contributed by atoms with Gasteiger partial charge in [-0.25, -0.2) is 8.78 Å². The molecule has 0 unspecified atom stereocenters. The molecule has 1 aromatic carbocycles. The summed E-state index contributed by atoms with van der Waals surface area (Å²) in [5.41, 5.74) is -0.288. The molecule has 1 heterocycles. The van der Waals surface area contributed by atoms with Crippen molar-refractivity contribution in [3.63, 3.8) is 0 Å². The zero-order chi connectivity index (χ0) is 13.8. The molecule has 1 amide bonds. The summed E-state index contributed by atoms with van der Waals surface area (Å²) in [5.74, 6) is -2.78. The van der Waals surface area contributed by atoms with Gasteiger partial charge in [0, 0.05) is 11.4 Å². The fourth-order valence-electron chi connectivity index (χ4n) is 1.56. The molecular formula is C13H10ClF2NOS. The van der Waals surface area contributed by atoms with Gasteiger partial charge in [-0.05, 0) is 30.7 Å². The second-order valence-electron chi connectivity index (χ2n) is 3.81. The van der Waals surface area contributed by atoms with Crippen molar-refractivity contribution in [1.29, 1.82) is 0 Å². The molecule has 100 valence electrons. The number of carbonyl (C=O) groups is 1. The lowest BCUT2D eigenvalue weighted by Gasteiger charge is -2.05. The summed E-state index contributed by atoms with van der Waals surface area (Å²) in [6, 6.07) is 7.15. The van der Waals surface area contributed by atoms with Crippen molar-refractivity contribution < 1.29 is 13.6 Å². The van der Waals surface area contributed by atoms with E-state index in [1.807, 2.05) is 6.07 Å². The average Bonchev–Trinajstić information content (AvgIpc) is 2.78. The molecule has 6 heteroatoms. The van der Waals surface area contributed by atoms with E-state index >= 15 is 0 Å². The van der Waals surface area contributed by atoms with E-state index in [0.29, 0.717) is 17.3 Å². The van der Waals surface area contributed by atoms with Gasteiger partial charge >= 0.3 is 0 Å². The van der Waals surface area contributed by atoms with E-state index < -0.39 is 17.5 Å². The molecular weight excluding hydrogens is 292 g/mol. The number of nitrogens with one attached hydrogen (secondary N) is 1. The van der Waals surface area contributed by atoms with Crippen LogP contribution in [0.1, 0.15) is 15.2 Å². The number of benzene rings is 1. The number of rotatable bonds is 4. The fourth-order valence-corrected chi connectivity index (χ4v) is 2.65. The summed E-state index contributed by atoms with van der Waals surface area (Å²) in [4.78, 5) is 12.7. The minimum absolute atomic E-state index is 0.288. The first-order valence-corrected chi connectivity index (χ1v) is 6.74. The van der Waals surface area contributed by atoms with Crippen molar-refractivity contribution in [3.05, 3.63) is 56.7 Å². The first-order valence-electron chi connectivity index (χ1n) is 5.54. The van der Waals surface area contributed by atoms with Crippen molar-refractivity contribution in [1.82, 2.24) is 5.32 Å². The van der Waals surface area contributed by atoms with Crippen LogP contribution in [-0.4, -0.2) is 12.5 Å². The molecule has 1 aromatic heterocycles. The molecule has 2 aromatic rings. The maximum atomic E-state index is 13.4. The van der Waals surface area contributed by atoms with Crippen LogP contribution >= 0.6 is 22.9 Å². The van der Waals surface area contributed by atoms with Crippen LogP contribution < -0.4 is 5.32 Å². The van der Waals surface area contributed by atoms with E-state index in [4.69, 9.17) is 11.6 Å². The lowest BCUT2D eigenvalue weighted by molar-refractivity contribution is 0.0949. The van der Waals surface area contributed by atoms with E-state index in [9.17, 15) is 13.6 Å². The van der Waals surface area contributed by atoms with Crippen LogP contribution in [-0.2, 0) is 6.42 Å². The smallest absolute Gasteiger partial charge is 0.254 e. The summed E-state index contributed by atoms with van der Waals surface area (Å²) >= 11 is 7.20. The Kier molecular flexibility index (Phi) is 4.50. The van der Waals surface area contributed by atoms with Crippen LogP contribution in [0.4, 0.5) is 8.78 Å². The molecule has 0 aliphatic rings. The van der Waals surface area contributed by atoms with Gasteiger partial charge < -0.3 is 5.32 Å². The van der Waals surface area contributed by atoms with Gasteiger partial charge in [-0.2, -0.15) is 0 Å². The van der Waals surface area contributed by atoms with Crippen LogP contribution in [0, 0.1) is 11.6 Å². The molecule has 0 spiro atoms. The molecule has 2 nitrogen and oxygen atoms in total. The van der Waals surface area contributed by atoms with Crippen molar-refractivity contribution >= 4 is 28.8 Å². The summed E-state index contributed by atoms with van der Waals surface area (Å²) in [5, 5.41) is 2.54. The Bertz CT molecular complexity index is 600. The quantitative estimate of drug-likeness (QED) is 0.917. The Labute approximate surface area is 118 Å². The number of halogens is 3. The summed E-state index contributed by atoms with van der Waals surface area (Å²) in [6.45, 7) is 0.339. The zero-order valence-electron chi connectivity index (χ0n) is 9.75. The monoisotopic (exact) mass is 301 g/mol. The van der Waals surface area contributed by atoms with Gasteiger partial charge in [0.15, 0.2) is 11.6 Å². The highest BCUT2D eigenvalue weighted by Gasteiger charge is 2.14. The molecule has 0 aliphatic heterocycles. The third kappa shape index (κ3) is 3.52. The maximum Gasteiger partial charge on any atom is 0.254 e. The minimum Gasteiger partial charge on any atom is -0.352 e. The van der Waals surface area contributed by atoms with Gasteiger partial charge in [-0.1, -0.05) is 17.7 Å². The first kappa shape index (κ1) is 14.0. The molecule has 0 bridgehead atoms. The molecule has 0 aliphatic carbocycles. The number of carbonyl (C=O) groups excluding carboxylic acids is 1. The van der Waals surface area contributed by atoms with Crippen LogP contribution in [0.25, 0.3) is 0 Å².